The highest BCUT2D eigenvalue weighted by Crippen LogP contribution is 2.36. The highest BCUT2D eigenvalue weighted by atomic mass is 15.3. The molecule has 3 heterocycles. The highest BCUT2D eigenvalue weighted by molar-refractivity contribution is 6.09. The summed E-state index contributed by atoms with van der Waals surface area (Å²) in [6.45, 7) is 0. The standard InChI is InChI=1S/C49H33N5/c1-4-16-34(17-5-1)37-22-14-23-38(30-37)48-51-52-49(44-26-15-29-47(50-44)54-45-27-12-10-24-42(45)43-25-11-13-28-46(43)54)53(48)41-32-39(35-18-6-2-7-19-35)31-40(33-41)36-20-8-3-9-21-36/h1-33H. The molecule has 0 atom stereocenters. The summed E-state index contributed by atoms with van der Waals surface area (Å²) in [5.74, 6) is 2.20. The Balaban J connectivity index is 1.22. The van der Waals surface area contributed by atoms with E-state index in [0.29, 0.717) is 5.82 Å². The number of rotatable bonds is 7. The summed E-state index contributed by atoms with van der Waals surface area (Å²) in [5, 5.41) is 12.3. The minimum atomic E-state index is 0.655. The Morgan fingerprint density at radius 1 is 0.315 bits per heavy atom. The predicted molar refractivity (Wildman–Crippen MR) is 221 cm³/mol. The zero-order valence-corrected chi connectivity index (χ0v) is 29.3. The molecule has 0 saturated carbocycles. The number of benzene rings is 7. The molecule has 3 aromatic heterocycles. The van der Waals surface area contributed by atoms with Crippen molar-refractivity contribution in [1.82, 2.24) is 24.3 Å². The van der Waals surface area contributed by atoms with Crippen LogP contribution in [0.25, 0.3) is 89.6 Å². The average Bonchev–Trinajstić information content (AvgIpc) is 3.85. The van der Waals surface area contributed by atoms with E-state index in [1.807, 2.05) is 12.1 Å². The third-order valence-corrected chi connectivity index (χ3v) is 10.1. The zero-order valence-electron chi connectivity index (χ0n) is 29.3. The van der Waals surface area contributed by atoms with Gasteiger partial charge < -0.3 is 0 Å². The van der Waals surface area contributed by atoms with E-state index in [1.165, 1.54) is 10.8 Å². The molecule has 0 amide bonds. The number of para-hydroxylation sites is 2. The molecule has 0 aliphatic heterocycles. The number of aromatic nitrogens is 5. The van der Waals surface area contributed by atoms with E-state index >= 15 is 0 Å². The van der Waals surface area contributed by atoms with Crippen LogP contribution in [0.1, 0.15) is 0 Å². The van der Waals surface area contributed by atoms with E-state index in [1.54, 1.807) is 0 Å². The van der Waals surface area contributed by atoms with Crippen LogP contribution in [0.15, 0.2) is 200 Å². The van der Waals surface area contributed by atoms with Crippen LogP contribution in [0, 0.1) is 0 Å². The van der Waals surface area contributed by atoms with E-state index in [2.05, 4.69) is 197 Å². The summed E-state index contributed by atoms with van der Waals surface area (Å²) < 4.78 is 4.41. The Morgan fingerprint density at radius 3 is 1.39 bits per heavy atom. The van der Waals surface area contributed by atoms with Gasteiger partial charge in [-0.2, -0.15) is 0 Å². The monoisotopic (exact) mass is 691 g/mol. The molecule has 5 nitrogen and oxygen atoms in total. The Kier molecular flexibility index (Phi) is 7.73. The summed E-state index contributed by atoms with van der Waals surface area (Å²) in [6, 6.07) is 69.9. The number of pyridine rings is 1. The molecule has 0 fully saturated rings. The molecular weight excluding hydrogens is 659 g/mol. The smallest absolute Gasteiger partial charge is 0.187 e. The van der Waals surface area contributed by atoms with Crippen LogP contribution in [0.5, 0.6) is 0 Å². The van der Waals surface area contributed by atoms with Crippen molar-refractivity contribution in [2.75, 3.05) is 0 Å². The van der Waals surface area contributed by atoms with Crippen molar-refractivity contribution >= 4 is 21.8 Å². The fourth-order valence-electron chi connectivity index (χ4n) is 7.53. The van der Waals surface area contributed by atoms with Crippen LogP contribution < -0.4 is 0 Å². The second-order valence-electron chi connectivity index (χ2n) is 13.4. The van der Waals surface area contributed by atoms with Gasteiger partial charge in [-0.15, -0.1) is 10.2 Å². The number of nitrogens with zero attached hydrogens (tertiary/aromatic N) is 5. The lowest BCUT2D eigenvalue weighted by atomic mass is 9.97. The minimum absolute atomic E-state index is 0.655. The van der Waals surface area contributed by atoms with Gasteiger partial charge in [0.2, 0.25) is 0 Å². The SMILES string of the molecule is c1ccc(-c2cccc(-c3nnc(-c4cccc(-n5c6ccccc6c6ccccc65)n4)n3-c3cc(-c4ccccc4)cc(-c4ccccc4)c3)c2)cc1. The van der Waals surface area contributed by atoms with Crippen LogP contribution in [-0.4, -0.2) is 24.3 Å². The molecule has 0 radical (unpaired) electrons. The third-order valence-electron chi connectivity index (χ3n) is 10.1. The van der Waals surface area contributed by atoms with Gasteiger partial charge in [0.1, 0.15) is 11.5 Å². The summed E-state index contributed by atoms with van der Waals surface area (Å²) in [6.07, 6.45) is 0. The lowest BCUT2D eigenvalue weighted by molar-refractivity contribution is 1.03. The molecule has 5 heteroatoms. The van der Waals surface area contributed by atoms with Crippen LogP contribution >= 0.6 is 0 Å². The van der Waals surface area contributed by atoms with Crippen LogP contribution in [-0.2, 0) is 0 Å². The first-order chi connectivity index (χ1) is 26.8. The molecule has 0 spiro atoms. The molecule has 0 bridgehead atoms. The van der Waals surface area contributed by atoms with Crippen molar-refractivity contribution in [3.8, 4) is 67.8 Å². The molecule has 10 rings (SSSR count). The van der Waals surface area contributed by atoms with Crippen LogP contribution in [0.3, 0.4) is 0 Å². The molecule has 0 aliphatic carbocycles. The minimum Gasteiger partial charge on any atom is -0.294 e. The lowest BCUT2D eigenvalue weighted by Gasteiger charge is -2.16. The molecule has 0 aliphatic rings. The number of hydrogen-bond donors (Lipinski definition) is 0. The fourth-order valence-corrected chi connectivity index (χ4v) is 7.53. The number of hydrogen-bond acceptors (Lipinski definition) is 3. The molecule has 0 unspecified atom stereocenters. The first kappa shape index (κ1) is 31.4. The molecular formula is C49H33N5. The lowest BCUT2D eigenvalue weighted by Crippen LogP contribution is -2.04. The van der Waals surface area contributed by atoms with Crippen molar-refractivity contribution < 1.29 is 0 Å². The maximum atomic E-state index is 5.34. The molecule has 0 saturated heterocycles. The summed E-state index contributed by atoms with van der Waals surface area (Å²) in [4.78, 5) is 5.34. The molecule has 0 N–H and O–H groups in total. The quantitative estimate of drug-likeness (QED) is 0.167. The van der Waals surface area contributed by atoms with E-state index in [-0.39, 0.29) is 0 Å². The van der Waals surface area contributed by atoms with Crippen molar-refractivity contribution in [2.45, 2.75) is 0 Å². The van der Waals surface area contributed by atoms with Crippen molar-refractivity contribution in [3.63, 3.8) is 0 Å². The normalized spacial score (nSPS) is 11.3. The van der Waals surface area contributed by atoms with Crippen molar-refractivity contribution in [3.05, 3.63) is 200 Å². The van der Waals surface area contributed by atoms with Gasteiger partial charge in [0.05, 0.1) is 16.7 Å². The molecule has 10 aromatic rings. The van der Waals surface area contributed by atoms with Gasteiger partial charge in [-0.1, -0.05) is 152 Å². The average molecular weight is 692 g/mol. The summed E-state index contributed by atoms with van der Waals surface area (Å²) >= 11 is 0. The van der Waals surface area contributed by atoms with Gasteiger partial charge in [-0.3, -0.25) is 9.13 Å². The first-order valence-electron chi connectivity index (χ1n) is 18.1. The maximum Gasteiger partial charge on any atom is 0.187 e. The van der Waals surface area contributed by atoms with Gasteiger partial charge in [0.25, 0.3) is 0 Å². The van der Waals surface area contributed by atoms with E-state index in [0.717, 1.165) is 73.0 Å². The van der Waals surface area contributed by atoms with Gasteiger partial charge in [-0.05, 0) is 81.9 Å². The predicted octanol–water partition coefficient (Wildman–Crippen LogP) is 12.1. The topological polar surface area (TPSA) is 48.5 Å². The summed E-state index contributed by atoms with van der Waals surface area (Å²) in [7, 11) is 0. The Labute approximate surface area is 313 Å². The van der Waals surface area contributed by atoms with Crippen molar-refractivity contribution in [1.29, 1.82) is 0 Å². The van der Waals surface area contributed by atoms with Crippen LogP contribution in [0.4, 0.5) is 0 Å². The van der Waals surface area contributed by atoms with E-state index in [9.17, 15) is 0 Å². The Bertz CT molecular complexity index is 2820. The van der Waals surface area contributed by atoms with E-state index in [4.69, 9.17) is 15.2 Å². The summed E-state index contributed by atoms with van der Waals surface area (Å²) in [5.41, 5.74) is 11.5. The van der Waals surface area contributed by atoms with Gasteiger partial charge in [0.15, 0.2) is 11.6 Å². The first-order valence-corrected chi connectivity index (χ1v) is 18.1. The maximum absolute atomic E-state index is 5.34. The second kappa shape index (κ2) is 13.3. The fraction of sp³-hybridized carbons (Fsp3) is 0. The molecule has 7 aromatic carbocycles. The largest absolute Gasteiger partial charge is 0.294 e. The van der Waals surface area contributed by atoms with E-state index < -0.39 is 0 Å². The third kappa shape index (κ3) is 5.56. The van der Waals surface area contributed by atoms with Gasteiger partial charge in [-0.25, -0.2) is 4.98 Å². The van der Waals surface area contributed by atoms with Crippen molar-refractivity contribution in [2.24, 2.45) is 0 Å². The molecule has 54 heavy (non-hydrogen) atoms. The highest BCUT2D eigenvalue weighted by Gasteiger charge is 2.22. The second-order valence-corrected chi connectivity index (χ2v) is 13.4. The Morgan fingerprint density at radius 2 is 0.778 bits per heavy atom. The number of fused-ring (bicyclic) bond motifs is 3. The molecule has 254 valence electrons. The van der Waals surface area contributed by atoms with Gasteiger partial charge in [0, 0.05) is 16.3 Å². The van der Waals surface area contributed by atoms with Crippen LogP contribution in [0.2, 0.25) is 0 Å². The zero-order chi connectivity index (χ0) is 35.8. The van der Waals surface area contributed by atoms with Gasteiger partial charge >= 0.3 is 0 Å². The Hall–Kier alpha value is -7.37.